The van der Waals surface area contributed by atoms with Gasteiger partial charge in [0.1, 0.15) is 0 Å². The van der Waals surface area contributed by atoms with E-state index >= 15 is 0 Å². The number of nitrogens with zero attached hydrogens (tertiary/aromatic N) is 2. The number of rotatable bonds is 5. The summed E-state index contributed by atoms with van der Waals surface area (Å²) in [5.41, 5.74) is 1.35. The van der Waals surface area contributed by atoms with Gasteiger partial charge in [0.25, 0.3) is 5.91 Å². The predicted molar refractivity (Wildman–Crippen MR) is 114 cm³/mol. The molecule has 2 aliphatic rings. The number of hydrogen-bond donors (Lipinski definition) is 0. The molecule has 1 unspecified atom stereocenters. The van der Waals surface area contributed by atoms with E-state index in [1.165, 1.54) is 16.4 Å². The molecule has 0 saturated carbocycles. The number of sulfonamides is 1. The van der Waals surface area contributed by atoms with Gasteiger partial charge >= 0.3 is 5.97 Å². The smallest absolute Gasteiger partial charge is 0.339 e. The second-order valence-electron chi connectivity index (χ2n) is 7.42. The number of ether oxygens (including phenoxy) is 2. The first kappa shape index (κ1) is 21.3. The molecule has 2 aromatic rings. The van der Waals surface area contributed by atoms with E-state index in [-0.39, 0.29) is 17.2 Å². The van der Waals surface area contributed by atoms with Crippen LogP contribution in [0.4, 0.5) is 5.69 Å². The topological polar surface area (TPSA) is 93.2 Å². The third-order valence-corrected chi connectivity index (χ3v) is 7.23. The Kier molecular flexibility index (Phi) is 6.24. The van der Waals surface area contributed by atoms with Crippen molar-refractivity contribution in [2.24, 2.45) is 0 Å². The van der Waals surface area contributed by atoms with Crippen molar-refractivity contribution >= 4 is 27.6 Å². The summed E-state index contributed by atoms with van der Waals surface area (Å²) in [6.07, 6.45) is -0.487. The number of carbonyl (C=O) groups is 2. The quantitative estimate of drug-likeness (QED) is 0.655. The maximum atomic E-state index is 13.1. The molecule has 0 spiro atoms. The fraction of sp³-hybridized carbons (Fsp3) is 0.364. The first-order valence-corrected chi connectivity index (χ1v) is 11.8. The van der Waals surface area contributed by atoms with Crippen LogP contribution < -0.4 is 4.31 Å². The molecule has 2 aliphatic heterocycles. The molecule has 0 aliphatic carbocycles. The second kappa shape index (κ2) is 9.07. The molecule has 0 aromatic heterocycles. The lowest BCUT2D eigenvalue weighted by Gasteiger charge is -2.30. The standard InChI is InChI=1S/C22H24N2O6S/c25-21(23-12-14-29-15-13-23)20(17-5-2-1-3-6-17)30-22(26)18-7-9-19(10-8-18)24-11-4-16-31(24,27)28/h1-3,5-10,20H,4,11-16H2. The minimum Gasteiger partial charge on any atom is -0.444 e. The fourth-order valence-corrected chi connectivity index (χ4v) is 5.27. The minimum absolute atomic E-state index is 0.124. The van der Waals surface area contributed by atoms with Crippen molar-refractivity contribution in [3.05, 3.63) is 65.7 Å². The van der Waals surface area contributed by atoms with Crippen LogP contribution in [-0.2, 0) is 24.3 Å². The molecule has 0 bridgehead atoms. The van der Waals surface area contributed by atoms with Crippen LogP contribution in [0.25, 0.3) is 0 Å². The van der Waals surface area contributed by atoms with E-state index in [0.717, 1.165) is 0 Å². The average molecular weight is 445 g/mol. The van der Waals surface area contributed by atoms with E-state index in [9.17, 15) is 18.0 Å². The first-order valence-electron chi connectivity index (χ1n) is 10.2. The largest absolute Gasteiger partial charge is 0.444 e. The van der Waals surface area contributed by atoms with E-state index in [1.807, 2.05) is 6.07 Å². The minimum atomic E-state index is -3.30. The lowest BCUT2D eigenvalue weighted by atomic mass is 10.1. The van der Waals surface area contributed by atoms with Crippen LogP contribution in [0, 0.1) is 0 Å². The van der Waals surface area contributed by atoms with Gasteiger partial charge in [0.2, 0.25) is 16.1 Å². The predicted octanol–water partition coefficient (Wildman–Crippen LogP) is 1.98. The second-order valence-corrected chi connectivity index (χ2v) is 9.44. The van der Waals surface area contributed by atoms with Gasteiger partial charge in [-0.15, -0.1) is 0 Å². The van der Waals surface area contributed by atoms with E-state index < -0.39 is 22.1 Å². The molecule has 164 valence electrons. The highest BCUT2D eigenvalue weighted by Crippen LogP contribution is 2.26. The molecule has 4 rings (SSSR count). The summed E-state index contributed by atoms with van der Waals surface area (Å²) >= 11 is 0. The number of amides is 1. The monoisotopic (exact) mass is 444 g/mol. The molecule has 1 atom stereocenters. The Morgan fingerprint density at radius 3 is 2.23 bits per heavy atom. The van der Waals surface area contributed by atoms with Crippen LogP contribution in [0.2, 0.25) is 0 Å². The van der Waals surface area contributed by atoms with E-state index in [2.05, 4.69) is 0 Å². The molecule has 2 heterocycles. The van der Waals surface area contributed by atoms with E-state index in [4.69, 9.17) is 9.47 Å². The van der Waals surface area contributed by atoms with Crippen LogP contribution >= 0.6 is 0 Å². The molecular weight excluding hydrogens is 420 g/mol. The third kappa shape index (κ3) is 4.72. The maximum Gasteiger partial charge on any atom is 0.339 e. The van der Waals surface area contributed by atoms with Gasteiger partial charge in [-0.3, -0.25) is 9.10 Å². The van der Waals surface area contributed by atoms with Gasteiger partial charge in [0, 0.05) is 25.2 Å². The zero-order chi connectivity index (χ0) is 21.8. The summed E-state index contributed by atoms with van der Waals surface area (Å²) < 4.78 is 36.5. The summed E-state index contributed by atoms with van der Waals surface area (Å²) in [6.45, 7) is 2.21. The fourth-order valence-electron chi connectivity index (χ4n) is 3.71. The number of hydrogen-bond acceptors (Lipinski definition) is 6. The van der Waals surface area contributed by atoms with Crippen molar-refractivity contribution in [1.82, 2.24) is 4.90 Å². The highest BCUT2D eigenvalue weighted by molar-refractivity contribution is 7.93. The van der Waals surface area contributed by atoms with Crippen LogP contribution in [-0.4, -0.2) is 63.8 Å². The lowest BCUT2D eigenvalue weighted by Crippen LogP contribution is -2.44. The molecule has 2 fully saturated rings. The van der Waals surface area contributed by atoms with Crippen molar-refractivity contribution in [1.29, 1.82) is 0 Å². The van der Waals surface area contributed by atoms with Crippen LogP contribution in [0.15, 0.2) is 54.6 Å². The molecular formula is C22H24N2O6S. The number of carbonyl (C=O) groups excluding carboxylic acids is 2. The van der Waals surface area contributed by atoms with Crippen molar-refractivity contribution < 1.29 is 27.5 Å². The van der Waals surface area contributed by atoms with Gasteiger partial charge in [-0.2, -0.15) is 0 Å². The summed E-state index contributed by atoms with van der Waals surface area (Å²) in [7, 11) is -3.30. The SMILES string of the molecule is O=C(OC(C(=O)N1CCOCC1)c1ccccc1)c1ccc(N2CCCS2(=O)=O)cc1. The van der Waals surface area contributed by atoms with Crippen molar-refractivity contribution in [3.63, 3.8) is 0 Å². The number of anilines is 1. The summed E-state index contributed by atoms with van der Waals surface area (Å²) in [6, 6.07) is 15.1. The number of esters is 1. The Morgan fingerprint density at radius 1 is 0.935 bits per heavy atom. The molecule has 1 amide bonds. The Hall–Kier alpha value is -2.91. The highest BCUT2D eigenvalue weighted by atomic mass is 32.2. The Labute approximate surface area is 181 Å². The average Bonchev–Trinajstić information content (AvgIpc) is 3.17. The Morgan fingerprint density at radius 2 is 1.61 bits per heavy atom. The number of morpholine rings is 1. The molecule has 0 radical (unpaired) electrons. The van der Waals surface area contributed by atoms with Gasteiger partial charge in [0.15, 0.2) is 0 Å². The summed E-state index contributed by atoms with van der Waals surface area (Å²) in [4.78, 5) is 27.5. The molecule has 0 N–H and O–H groups in total. The molecule has 2 saturated heterocycles. The lowest BCUT2D eigenvalue weighted by molar-refractivity contribution is -0.145. The van der Waals surface area contributed by atoms with Crippen LogP contribution in [0.1, 0.15) is 28.4 Å². The summed E-state index contributed by atoms with van der Waals surface area (Å²) in [5.74, 6) is -0.812. The zero-order valence-corrected chi connectivity index (χ0v) is 17.8. The molecule has 9 heteroatoms. The third-order valence-electron chi connectivity index (χ3n) is 5.36. The van der Waals surface area contributed by atoms with Gasteiger partial charge in [-0.1, -0.05) is 30.3 Å². The van der Waals surface area contributed by atoms with Crippen LogP contribution in [0.3, 0.4) is 0 Å². The van der Waals surface area contributed by atoms with Gasteiger partial charge in [-0.25, -0.2) is 13.2 Å². The molecule has 31 heavy (non-hydrogen) atoms. The Balaban J connectivity index is 1.52. The maximum absolute atomic E-state index is 13.1. The van der Waals surface area contributed by atoms with Gasteiger partial charge < -0.3 is 14.4 Å². The van der Waals surface area contributed by atoms with E-state index in [0.29, 0.717) is 50.5 Å². The first-order chi connectivity index (χ1) is 15.0. The Bertz CT molecular complexity index is 1030. The highest BCUT2D eigenvalue weighted by Gasteiger charge is 2.31. The van der Waals surface area contributed by atoms with Gasteiger partial charge in [-0.05, 0) is 30.7 Å². The van der Waals surface area contributed by atoms with E-state index in [1.54, 1.807) is 41.3 Å². The normalized spacial score (nSPS) is 19.1. The van der Waals surface area contributed by atoms with Crippen LogP contribution in [0.5, 0.6) is 0 Å². The summed E-state index contributed by atoms with van der Waals surface area (Å²) in [5, 5.41) is 0. The van der Waals surface area contributed by atoms with Crippen molar-refractivity contribution in [2.75, 3.05) is 42.9 Å². The molecule has 2 aromatic carbocycles. The van der Waals surface area contributed by atoms with Crippen molar-refractivity contribution in [2.45, 2.75) is 12.5 Å². The van der Waals surface area contributed by atoms with Gasteiger partial charge in [0.05, 0.1) is 30.2 Å². The molecule has 8 nitrogen and oxygen atoms in total. The zero-order valence-electron chi connectivity index (χ0n) is 17.0. The van der Waals surface area contributed by atoms with Crippen molar-refractivity contribution in [3.8, 4) is 0 Å². The number of benzene rings is 2.